The second kappa shape index (κ2) is 5.79. The first kappa shape index (κ1) is 14.1. The quantitative estimate of drug-likeness (QED) is 0.504. The third-order valence-corrected chi connectivity index (χ3v) is 3.00. The van der Waals surface area contributed by atoms with E-state index in [0.717, 1.165) is 10.2 Å². The molecule has 0 radical (unpaired) electrons. The van der Waals surface area contributed by atoms with Crippen LogP contribution in [0.2, 0.25) is 0 Å². The number of anilines is 3. The van der Waals surface area contributed by atoms with Crippen molar-refractivity contribution in [3.8, 4) is 5.75 Å². The topological polar surface area (TPSA) is 90.4 Å². The van der Waals surface area contributed by atoms with Gasteiger partial charge in [-0.05, 0) is 18.2 Å². The number of nitro benzene ring substituents is 1. The van der Waals surface area contributed by atoms with Gasteiger partial charge in [0, 0.05) is 39.7 Å². The van der Waals surface area contributed by atoms with Gasteiger partial charge in [-0.25, -0.2) is 0 Å². The summed E-state index contributed by atoms with van der Waals surface area (Å²) >= 11 is 3.37. The maximum absolute atomic E-state index is 10.8. The van der Waals surface area contributed by atoms with Crippen LogP contribution in [0.3, 0.4) is 0 Å². The standard InChI is InChI=1S/C13H12BrN3O3/c1-20-13-3-8(14)2-10(7-13)16-11-4-9(15)5-12(6-11)17(18)19/h2-7,16H,15H2,1H3. The van der Waals surface area contributed by atoms with E-state index in [1.807, 2.05) is 12.1 Å². The highest BCUT2D eigenvalue weighted by molar-refractivity contribution is 9.10. The molecule has 6 nitrogen and oxygen atoms in total. The van der Waals surface area contributed by atoms with Gasteiger partial charge in [0.15, 0.2) is 0 Å². The van der Waals surface area contributed by atoms with Crippen LogP contribution in [0.4, 0.5) is 22.7 Å². The molecule has 0 spiro atoms. The molecule has 3 N–H and O–H groups in total. The van der Waals surface area contributed by atoms with Crippen LogP contribution in [0.15, 0.2) is 40.9 Å². The van der Waals surface area contributed by atoms with Crippen molar-refractivity contribution in [1.82, 2.24) is 0 Å². The van der Waals surface area contributed by atoms with E-state index in [1.165, 1.54) is 12.1 Å². The summed E-state index contributed by atoms with van der Waals surface area (Å²) in [6, 6.07) is 9.78. The van der Waals surface area contributed by atoms with Gasteiger partial charge in [0.05, 0.1) is 12.0 Å². The van der Waals surface area contributed by atoms with Crippen molar-refractivity contribution < 1.29 is 9.66 Å². The number of non-ortho nitro benzene ring substituents is 1. The Hall–Kier alpha value is -2.28. The average Bonchev–Trinajstić information content (AvgIpc) is 2.37. The van der Waals surface area contributed by atoms with Crippen molar-refractivity contribution >= 4 is 38.7 Å². The van der Waals surface area contributed by atoms with Crippen LogP contribution in [0.25, 0.3) is 0 Å². The lowest BCUT2D eigenvalue weighted by molar-refractivity contribution is -0.384. The summed E-state index contributed by atoms with van der Waals surface area (Å²) < 4.78 is 5.99. The third kappa shape index (κ3) is 3.39. The number of nitrogen functional groups attached to an aromatic ring is 1. The van der Waals surface area contributed by atoms with E-state index < -0.39 is 4.92 Å². The molecule has 0 aromatic heterocycles. The second-order valence-electron chi connectivity index (χ2n) is 4.08. The summed E-state index contributed by atoms with van der Waals surface area (Å²) in [5.41, 5.74) is 7.19. The molecule has 0 aliphatic carbocycles. The fourth-order valence-electron chi connectivity index (χ4n) is 1.73. The summed E-state index contributed by atoms with van der Waals surface area (Å²) in [6.45, 7) is 0. The van der Waals surface area contributed by atoms with E-state index in [4.69, 9.17) is 10.5 Å². The Morgan fingerprint density at radius 1 is 1.20 bits per heavy atom. The van der Waals surface area contributed by atoms with Crippen molar-refractivity contribution in [2.45, 2.75) is 0 Å². The van der Waals surface area contributed by atoms with Crippen LogP contribution >= 0.6 is 15.9 Å². The molecule has 20 heavy (non-hydrogen) atoms. The first-order chi connectivity index (χ1) is 9.47. The number of benzene rings is 2. The van der Waals surface area contributed by atoms with Gasteiger partial charge in [0.2, 0.25) is 0 Å². The van der Waals surface area contributed by atoms with E-state index in [-0.39, 0.29) is 5.69 Å². The number of ether oxygens (including phenoxy) is 1. The monoisotopic (exact) mass is 337 g/mol. The van der Waals surface area contributed by atoms with Gasteiger partial charge < -0.3 is 15.8 Å². The van der Waals surface area contributed by atoms with Gasteiger partial charge in [-0.3, -0.25) is 10.1 Å². The SMILES string of the molecule is COc1cc(Br)cc(Nc2cc(N)cc([N+](=O)[O-])c2)c1. The minimum atomic E-state index is -0.483. The predicted molar refractivity (Wildman–Crippen MR) is 81.5 cm³/mol. The number of hydrogen-bond acceptors (Lipinski definition) is 5. The molecule has 2 aromatic rings. The zero-order valence-corrected chi connectivity index (χ0v) is 12.2. The summed E-state index contributed by atoms with van der Waals surface area (Å²) in [5, 5.41) is 13.9. The zero-order valence-electron chi connectivity index (χ0n) is 10.6. The van der Waals surface area contributed by atoms with Gasteiger partial charge in [0.25, 0.3) is 5.69 Å². The molecule has 0 saturated heterocycles. The van der Waals surface area contributed by atoms with Crippen LogP contribution in [0.1, 0.15) is 0 Å². The van der Waals surface area contributed by atoms with Crippen molar-refractivity contribution in [2.75, 3.05) is 18.2 Å². The lowest BCUT2D eigenvalue weighted by atomic mass is 10.2. The number of nitro groups is 1. The van der Waals surface area contributed by atoms with Crippen LogP contribution in [-0.2, 0) is 0 Å². The Labute approximate surface area is 123 Å². The zero-order chi connectivity index (χ0) is 14.7. The smallest absolute Gasteiger partial charge is 0.273 e. The van der Waals surface area contributed by atoms with Gasteiger partial charge in [0.1, 0.15) is 5.75 Å². The summed E-state index contributed by atoms with van der Waals surface area (Å²) in [7, 11) is 1.57. The maximum atomic E-state index is 10.8. The highest BCUT2D eigenvalue weighted by Crippen LogP contribution is 2.29. The molecule has 0 atom stereocenters. The maximum Gasteiger partial charge on any atom is 0.273 e. The molecular weight excluding hydrogens is 326 g/mol. The van der Waals surface area contributed by atoms with E-state index >= 15 is 0 Å². The Morgan fingerprint density at radius 3 is 2.55 bits per heavy atom. The van der Waals surface area contributed by atoms with E-state index in [2.05, 4.69) is 21.2 Å². The second-order valence-corrected chi connectivity index (χ2v) is 4.99. The molecule has 0 amide bonds. The Kier molecular flexibility index (Phi) is 4.09. The number of methoxy groups -OCH3 is 1. The van der Waals surface area contributed by atoms with Gasteiger partial charge in [-0.15, -0.1) is 0 Å². The van der Waals surface area contributed by atoms with Crippen molar-refractivity contribution in [1.29, 1.82) is 0 Å². The molecule has 0 fully saturated rings. The number of halogens is 1. The number of nitrogens with two attached hydrogens (primary N) is 1. The largest absolute Gasteiger partial charge is 0.497 e. The van der Waals surface area contributed by atoms with Gasteiger partial charge >= 0.3 is 0 Å². The predicted octanol–water partition coefficient (Wildman–Crippen LogP) is 3.69. The minimum absolute atomic E-state index is 0.0607. The molecule has 2 aromatic carbocycles. The molecule has 0 aliphatic heterocycles. The number of rotatable bonds is 4. The number of hydrogen-bond donors (Lipinski definition) is 2. The molecule has 0 heterocycles. The lowest BCUT2D eigenvalue weighted by Crippen LogP contribution is -1.96. The Balaban J connectivity index is 2.34. The Morgan fingerprint density at radius 2 is 1.90 bits per heavy atom. The minimum Gasteiger partial charge on any atom is -0.497 e. The molecule has 0 bridgehead atoms. The fourth-order valence-corrected chi connectivity index (χ4v) is 2.20. The average molecular weight is 338 g/mol. The van der Waals surface area contributed by atoms with Crippen LogP contribution in [0, 0.1) is 10.1 Å². The molecule has 0 saturated carbocycles. The van der Waals surface area contributed by atoms with Crippen LogP contribution in [-0.4, -0.2) is 12.0 Å². The molecule has 7 heteroatoms. The van der Waals surface area contributed by atoms with Crippen molar-refractivity contribution in [3.63, 3.8) is 0 Å². The van der Waals surface area contributed by atoms with Gasteiger partial charge in [-0.1, -0.05) is 15.9 Å². The van der Waals surface area contributed by atoms with Crippen LogP contribution in [0.5, 0.6) is 5.75 Å². The van der Waals surface area contributed by atoms with Crippen molar-refractivity contribution in [2.24, 2.45) is 0 Å². The summed E-state index contributed by atoms with van der Waals surface area (Å²) in [6.07, 6.45) is 0. The number of nitrogens with zero attached hydrogens (tertiary/aromatic N) is 1. The molecule has 104 valence electrons. The molecule has 0 unspecified atom stereocenters. The number of nitrogens with one attached hydrogen (secondary N) is 1. The fraction of sp³-hybridized carbons (Fsp3) is 0.0769. The van der Waals surface area contributed by atoms with Crippen LogP contribution < -0.4 is 15.8 Å². The summed E-state index contributed by atoms with van der Waals surface area (Å²) in [5.74, 6) is 0.667. The van der Waals surface area contributed by atoms with Crippen molar-refractivity contribution in [3.05, 3.63) is 51.0 Å². The summed E-state index contributed by atoms with van der Waals surface area (Å²) in [4.78, 5) is 10.3. The van der Waals surface area contributed by atoms with E-state index in [1.54, 1.807) is 19.2 Å². The molecular formula is C13H12BrN3O3. The molecule has 0 aliphatic rings. The highest BCUT2D eigenvalue weighted by atomic mass is 79.9. The molecule has 2 rings (SSSR count). The van der Waals surface area contributed by atoms with Gasteiger partial charge in [-0.2, -0.15) is 0 Å². The van der Waals surface area contributed by atoms with E-state index in [0.29, 0.717) is 17.1 Å². The first-order valence-electron chi connectivity index (χ1n) is 5.64. The highest BCUT2D eigenvalue weighted by Gasteiger charge is 2.09. The van der Waals surface area contributed by atoms with E-state index in [9.17, 15) is 10.1 Å². The third-order valence-electron chi connectivity index (χ3n) is 2.55. The first-order valence-corrected chi connectivity index (χ1v) is 6.44. The Bertz CT molecular complexity index is 661. The lowest BCUT2D eigenvalue weighted by Gasteiger charge is -2.09. The normalized spacial score (nSPS) is 10.1.